The SMILES string of the molecule is [N-]=[N+]=NCc1ccccc1C[C@@]1(C(=O)NCc2ccc(F)cc2F)N=C(c2ccc(OCCCO)cc2)O[C@@H]1c1ccccc1CN=[N+]=[N-]. The van der Waals surface area contributed by atoms with Crippen LogP contribution in [0.5, 0.6) is 5.75 Å². The molecule has 2 atom stereocenters. The lowest BCUT2D eigenvalue weighted by molar-refractivity contribution is -0.129. The summed E-state index contributed by atoms with van der Waals surface area (Å²) in [4.78, 5) is 25.4. The van der Waals surface area contributed by atoms with Gasteiger partial charge in [-0.2, -0.15) is 0 Å². The van der Waals surface area contributed by atoms with Crippen molar-refractivity contribution in [2.75, 3.05) is 13.2 Å². The number of hydrogen-bond acceptors (Lipinski definition) is 7. The minimum atomic E-state index is -1.72. The highest BCUT2D eigenvalue weighted by molar-refractivity contribution is 6.01. The van der Waals surface area contributed by atoms with Crippen molar-refractivity contribution in [2.45, 2.75) is 44.1 Å². The zero-order chi connectivity index (χ0) is 34.6. The first-order valence-electron chi connectivity index (χ1n) is 15.4. The third-order valence-corrected chi connectivity index (χ3v) is 8.01. The number of azide groups is 2. The molecule has 0 aromatic heterocycles. The summed E-state index contributed by atoms with van der Waals surface area (Å²) >= 11 is 0. The highest BCUT2D eigenvalue weighted by Crippen LogP contribution is 2.44. The van der Waals surface area contributed by atoms with E-state index in [0.717, 1.165) is 12.1 Å². The van der Waals surface area contributed by atoms with Gasteiger partial charge in [-0.05, 0) is 63.6 Å². The summed E-state index contributed by atoms with van der Waals surface area (Å²) in [6.07, 6.45) is -0.637. The van der Waals surface area contributed by atoms with Crippen molar-refractivity contribution >= 4 is 11.8 Å². The van der Waals surface area contributed by atoms with Crippen LogP contribution in [0, 0.1) is 11.6 Å². The van der Waals surface area contributed by atoms with Gasteiger partial charge in [0, 0.05) is 53.0 Å². The quantitative estimate of drug-likeness (QED) is 0.0592. The summed E-state index contributed by atoms with van der Waals surface area (Å²) in [5.74, 6) is -1.48. The normalized spacial score (nSPS) is 16.5. The molecule has 4 aromatic rings. The van der Waals surface area contributed by atoms with Gasteiger partial charge in [0.25, 0.3) is 5.91 Å². The Morgan fingerprint density at radius 1 is 0.918 bits per heavy atom. The minimum absolute atomic E-state index is 0.00475. The Bertz CT molecular complexity index is 1930. The van der Waals surface area contributed by atoms with Gasteiger partial charge in [-0.3, -0.25) is 4.79 Å². The summed E-state index contributed by atoms with van der Waals surface area (Å²) in [5, 5.41) is 19.4. The van der Waals surface area contributed by atoms with Crippen molar-refractivity contribution < 1.29 is 28.2 Å². The molecule has 4 aromatic carbocycles. The van der Waals surface area contributed by atoms with Crippen LogP contribution in [-0.2, 0) is 35.6 Å². The zero-order valence-electron chi connectivity index (χ0n) is 26.2. The average Bonchev–Trinajstić information content (AvgIpc) is 3.50. The van der Waals surface area contributed by atoms with Crippen molar-refractivity contribution in [2.24, 2.45) is 15.2 Å². The maximum Gasteiger partial charge on any atom is 0.252 e. The van der Waals surface area contributed by atoms with Crippen LogP contribution in [0.3, 0.4) is 0 Å². The number of aliphatic imine (C=N–C) groups is 1. The molecule has 0 saturated carbocycles. The number of nitrogens with one attached hydrogen (secondary N) is 1. The zero-order valence-corrected chi connectivity index (χ0v) is 26.2. The van der Waals surface area contributed by atoms with Crippen LogP contribution < -0.4 is 10.1 Å². The monoisotopic (exact) mass is 666 g/mol. The highest BCUT2D eigenvalue weighted by atomic mass is 19.1. The molecule has 2 N–H and O–H groups in total. The Labute approximate surface area is 280 Å². The van der Waals surface area contributed by atoms with Crippen LogP contribution in [-0.4, -0.2) is 35.7 Å². The Kier molecular flexibility index (Phi) is 11.4. The molecule has 14 heteroatoms. The molecule has 0 radical (unpaired) electrons. The first kappa shape index (κ1) is 34.4. The summed E-state index contributed by atoms with van der Waals surface area (Å²) < 4.78 is 40.6. The van der Waals surface area contributed by atoms with Gasteiger partial charge >= 0.3 is 0 Å². The third-order valence-electron chi connectivity index (χ3n) is 8.01. The second-order valence-corrected chi connectivity index (χ2v) is 11.1. The lowest BCUT2D eigenvalue weighted by Gasteiger charge is -2.32. The predicted molar refractivity (Wildman–Crippen MR) is 177 cm³/mol. The number of nitrogens with zero attached hydrogens (tertiary/aromatic N) is 7. The van der Waals surface area contributed by atoms with Gasteiger partial charge < -0.3 is 19.9 Å². The summed E-state index contributed by atoms with van der Waals surface area (Å²) in [5.41, 5.74) is 19.5. The maximum atomic E-state index is 14.7. The molecule has 49 heavy (non-hydrogen) atoms. The smallest absolute Gasteiger partial charge is 0.252 e. The molecular formula is C35H32F2N8O4. The van der Waals surface area contributed by atoms with Gasteiger partial charge in [0.05, 0.1) is 19.7 Å². The molecule has 0 aliphatic carbocycles. The molecular weight excluding hydrogens is 634 g/mol. The van der Waals surface area contributed by atoms with Crippen LogP contribution in [0.4, 0.5) is 8.78 Å². The fourth-order valence-corrected chi connectivity index (χ4v) is 5.58. The summed E-state index contributed by atoms with van der Waals surface area (Å²) in [7, 11) is 0. The van der Waals surface area contributed by atoms with Crippen molar-refractivity contribution in [1.82, 2.24) is 5.32 Å². The standard InChI is InChI=1S/C35H32F2N8O4/c36-28-13-10-27(31(37)18-28)20-40-34(47)35(19-24-6-1-2-7-25(24)21-41-44-38)32(30-9-4-3-8-26(30)22-42-45-39)49-33(43-35)23-11-14-29(15-12-23)48-17-5-16-46/h1-4,6-15,18,32,46H,5,16-17,19-22H2,(H,40,47)/t32-,35-/m1/s1. The van der Waals surface area contributed by atoms with Gasteiger partial charge in [0.2, 0.25) is 5.90 Å². The topological polar surface area (TPSA) is 178 Å². The van der Waals surface area contributed by atoms with E-state index >= 15 is 0 Å². The molecule has 12 nitrogen and oxygen atoms in total. The lowest BCUT2D eigenvalue weighted by Crippen LogP contribution is -2.50. The van der Waals surface area contributed by atoms with E-state index in [4.69, 9.17) is 30.6 Å². The van der Waals surface area contributed by atoms with E-state index < -0.39 is 29.2 Å². The number of aliphatic hydroxyl groups is 1. The van der Waals surface area contributed by atoms with E-state index in [-0.39, 0.29) is 44.1 Å². The number of hydrogen-bond donors (Lipinski definition) is 2. The van der Waals surface area contributed by atoms with E-state index in [0.29, 0.717) is 46.6 Å². The number of benzene rings is 4. The fraction of sp³-hybridized carbons (Fsp3) is 0.257. The fourth-order valence-electron chi connectivity index (χ4n) is 5.58. The van der Waals surface area contributed by atoms with E-state index in [2.05, 4.69) is 25.4 Å². The van der Waals surface area contributed by atoms with Gasteiger partial charge in [-0.25, -0.2) is 13.8 Å². The van der Waals surface area contributed by atoms with E-state index in [1.54, 1.807) is 72.8 Å². The molecule has 0 bridgehead atoms. The largest absolute Gasteiger partial charge is 0.494 e. The van der Waals surface area contributed by atoms with Crippen molar-refractivity contribution in [3.05, 3.63) is 157 Å². The van der Waals surface area contributed by atoms with Crippen LogP contribution in [0.15, 0.2) is 106 Å². The predicted octanol–water partition coefficient (Wildman–Crippen LogP) is 7.16. The Morgan fingerprint density at radius 2 is 1.59 bits per heavy atom. The molecule has 0 saturated heterocycles. The lowest BCUT2D eigenvalue weighted by atomic mass is 9.79. The van der Waals surface area contributed by atoms with Gasteiger partial charge in [-0.1, -0.05) is 64.8 Å². The second kappa shape index (κ2) is 16.2. The third kappa shape index (κ3) is 8.14. The number of aliphatic hydroxyl groups excluding tert-OH is 1. The number of halogens is 2. The number of carbonyl (C=O) groups excluding carboxylic acids is 1. The highest BCUT2D eigenvalue weighted by Gasteiger charge is 2.54. The van der Waals surface area contributed by atoms with Crippen molar-refractivity contribution in [3.63, 3.8) is 0 Å². The molecule has 0 unspecified atom stereocenters. The minimum Gasteiger partial charge on any atom is -0.494 e. The molecule has 5 rings (SSSR count). The van der Waals surface area contributed by atoms with E-state index in [1.807, 2.05) is 0 Å². The Balaban J connectivity index is 1.65. The average molecular weight is 667 g/mol. The summed E-state index contributed by atoms with van der Waals surface area (Å²) in [6.45, 7) is 0.0246. The first-order valence-corrected chi connectivity index (χ1v) is 15.4. The number of rotatable bonds is 15. The van der Waals surface area contributed by atoms with E-state index in [9.17, 15) is 13.6 Å². The maximum absolute atomic E-state index is 14.7. The molecule has 250 valence electrons. The van der Waals surface area contributed by atoms with Crippen LogP contribution in [0.1, 0.15) is 45.9 Å². The summed E-state index contributed by atoms with van der Waals surface area (Å²) in [6, 6.07) is 24.2. The molecule has 1 heterocycles. The Hall–Kier alpha value is -5.94. The van der Waals surface area contributed by atoms with Crippen LogP contribution >= 0.6 is 0 Å². The molecule has 0 fully saturated rings. The number of amides is 1. The van der Waals surface area contributed by atoms with E-state index in [1.165, 1.54) is 6.07 Å². The molecule has 1 aliphatic rings. The van der Waals surface area contributed by atoms with Gasteiger partial charge in [0.1, 0.15) is 17.4 Å². The second-order valence-electron chi connectivity index (χ2n) is 11.1. The number of ether oxygens (including phenoxy) is 2. The number of carbonyl (C=O) groups is 1. The van der Waals surface area contributed by atoms with Gasteiger partial charge in [0.15, 0.2) is 11.6 Å². The van der Waals surface area contributed by atoms with Crippen molar-refractivity contribution in [1.29, 1.82) is 0 Å². The van der Waals surface area contributed by atoms with Crippen LogP contribution in [0.25, 0.3) is 20.9 Å². The van der Waals surface area contributed by atoms with Crippen molar-refractivity contribution in [3.8, 4) is 5.75 Å². The molecule has 1 aliphatic heterocycles. The molecule has 1 amide bonds. The Morgan fingerprint density at radius 3 is 2.29 bits per heavy atom. The van der Waals surface area contributed by atoms with Crippen LogP contribution in [0.2, 0.25) is 0 Å². The first-order chi connectivity index (χ1) is 23.9. The molecule has 0 spiro atoms. The van der Waals surface area contributed by atoms with Gasteiger partial charge in [-0.15, -0.1) is 0 Å².